The van der Waals surface area contributed by atoms with Crippen LogP contribution in [0.25, 0.3) is 0 Å². The van der Waals surface area contributed by atoms with Gasteiger partial charge in [0.25, 0.3) is 0 Å². The van der Waals surface area contributed by atoms with E-state index in [1.54, 1.807) is 0 Å². The van der Waals surface area contributed by atoms with E-state index >= 15 is 0 Å². The molecule has 0 saturated heterocycles. The molecule has 108 valence electrons. The van der Waals surface area contributed by atoms with Gasteiger partial charge in [-0.1, -0.05) is 19.1 Å². The maximum Gasteiger partial charge on any atom is 0.122 e. The Morgan fingerprint density at radius 3 is 2.68 bits per heavy atom. The Kier molecular flexibility index (Phi) is 6.84. The van der Waals surface area contributed by atoms with Crippen molar-refractivity contribution in [3.8, 4) is 5.75 Å². The number of benzene rings is 1. The summed E-state index contributed by atoms with van der Waals surface area (Å²) in [4.78, 5) is 0. The zero-order chi connectivity index (χ0) is 14.3. The van der Waals surface area contributed by atoms with Crippen LogP contribution in [0.15, 0.2) is 18.2 Å². The summed E-state index contributed by atoms with van der Waals surface area (Å²) in [5, 5.41) is 22.0. The van der Waals surface area contributed by atoms with Crippen LogP contribution in [0.2, 0.25) is 0 Å². The number of hydrogen-bond donors (Lipinski definition) is 3. The van der Waals surface area contributed by atoms with Crippen molar-refractivity contribution in [1.29, 1.82) is 0 Å². The fourth-order valence-electron chi connectivity index (χ4n) is 1.75. The molecule has 0 fully saturated rings. The van der Waals surface area contributed by atoms with Gasteiger partial charge in [-0.15, -0.1) is 0 Å². The van der Waals surface area contributed by atoms with Gasteiger partial charge in [-0.05, 0) is 37.5 Å². The summed E-state index contributed by atoms with van der Waals surface area (Å²) in [6.45, 7) is 6.74. The molecule has 0 saturated carbocycles. The number of aliphatic hydroxyl groups excluding tert-OH is 2. The van der Waals surface area contributed by atoms with Crippen LogP contribution in [0.5, 0.6) is 5.75 Å². The molecule has 0 aliphatic rings. The van der Waals surface area contributed by atoms with Crippen LogP contribution in [0.1, 0.15) is 24.5 Å². The van der Waals surface area contributed by atoms with Crippen molar-refractivity contribution in [3.63, 3.8) is 0 Å². The molecule has 0 aromatic heterocycles. The number of aryl methyl sites for hydroxylation is 2. The van der Waals surface area contributed by atoms with E-state index in [0.29, 0.717) is 6.54 Å². The first-order valence-electron chi connectivity index (χ1n) is 6.79. The third kappa shape index (κ3) is 5.59. The number of ether oxygens (including phenoxy) is 1. The summed E-state index contributed by atoms with van der Waals surface area (Å²) in [6, 6.07) is 6.05. The number of aliphatic hydroxyl groups is 2. The molecule has 3 N–H and O–H groups in total. The van der Waals surface area contributed by atoms with Crippen molar-refractivity contribution in [2.24, 2.45) is 0 Å². The van der Waals surface area contributed by atoms with Crippen LogP contribution < -0.4 is 10.1 Å². The van der Waals surface area contributed by atoms with Gasteiger partial charge in [0.2, 0.25) is 0 Å². The lowest BCUT2D eigenvalue weighted by atomic mass is 10.1. The molecule has 0 unspecified atom stereocenters. The molecule has 0 aliphatic carbocycles. The van der Waals surface area contributed by atoms with E-state index in [0.717, 1.165) is 23.3 Å². The second-order valence-electron chi connectivity index (χ2n) is 4.93. The first kappa shape index (κ1) is 16.0. The molecular weight excluding hydrogens is 242 g/mol. The van der Waals surface area contributed by atoms with Crippen molar-refractivity contribution in [2.75, 3.05) is 19.8 Å². The molecule has 1 aromatic carbocycles. The fraction of sp³-hybridized carbons (Fsp3) is 0.600. The molecule has 0 bridgehead atoms. The normalized spacial score (nSPS) is 14.2. The summed E-state index contributed by atoms with van der Waals surface area (Å²) >= 11 is 0. The SMILES string of the molecule is CC[C@H](CO)NC[C@@H](O)COc1cc(C)ccc1C. The molecule has 0 heterocycles. The van der Waals surface area contributed by atoms with Crippen LogP contribution >= 0.6 is 0 Å². The minimum atomic E-state index is -0.583. The van der Waals surface area contributed by atoms with Crippen molar-refractivity contribution in [3.05, 3.63) is 29.3 Å². The van der Waals surface area contributed by atoms with E-state index in [9.17, 15) is 5.11 Å². The van der Waals surface area contributed by atoms with Crippen molar-refractivity contribution >= 4 is 0 Å². The molecule has 0 radical (unpaired) electrons. The Labute approximate surface area is 115 Å². The molecule has 4 heteroatoms. The van der Waals surface area contributed by atoms with E-state index in [1.165, 1.54) is 0 Å². The Bertz CT molecular complexity index is 378. The largest absolute Gasteiger partial charge is 0.491 e. The topological polar surface area (TPSA) is 61.7 Å². The molecule has 2 atom stereocenters. The third-order valence-electron chi connectivity index (χ3n) is 3.13. The minimum Gasteiger partial charge on any atom is -0.491 e. The van der Waals surface area contributed by atoms with Gasteiger partial charge in [0.1, 0.15) is 18.5 Å². The van der Waals surface area contributed by atoms with E-state index in [2.05, 4.69) is 5.32 Å². The molecule has 0 amide bonds. The first-order chi connectivity index (χ1) is 9.06. The Hall–Kier alpha value is -1.10. The number of nitrogens with one attached hydrogen (secondary N) is 1. The second kappa shape index (κ2) is 8.15. The maximum atomic E-state index is 9.84. The van der Waals surface area contributed by atoms with Crippen LogP contribution in [-0.4, -0.2) is 42.1 Å². The highest BCUT2D eigenvalue weighted by Gasteiger charge is 2.10. The molecule has 1 aromatic rings. The summed E-state index contributed by atoms with van der Waals surface area (Å²) < 4.78 is 5.63. The van der Waals surface area contributed by atoms with E-state index in [-0.39, 0.29) is 19.3 Å². The number of rotatable bonds is 8. The van der Waals surface area contributed by atoms with Crippen LogP contribution in [0, 0.1) is 13.8 Å². The van der Waals surface area contributed by atoms with Crippen LogP contribution in [-0.2, 0) is 0 Å². The van der Waals surface area contributed by atoms with Crippen LogP contribution in [0.3, 0.4) is 0 Å². The summed E-state index contributed by atoms with van der Waals surface area (Å²) in [6.07, 6.45) is 0.252. The van der Waals surface area contributed by atoms with E-state index in [1.807, 2.05) is 39.0 Å². The first-order valence-corrected chi connectivity index (χ1v) is 6.79. The molecule has 19 heavy (non-hydrogen) atoms. The van der Waals surface area contributed by atoms with Crippen molar-refractivity contribution < 1.29 is 14.9 Å². The lowest BCUT2D eigenvalue weighted by Crippen LogP contribution is -2.39. The van der Waals surface area contributed by atoms with Gasteiger partial charge in [0.05, 0.1) is 6.61 Å². The van der Waals surface area contributed by atoms with Gasteiger partial charge < -0.3 is 20.3 Å². The molecule has 1 rings (SSSR count). The minimum absolute atomic E-state index is 0.0374. The molecular formula is C15H25NO3. The van der Waals surface area contributed by atoms with Gasteiger partial charge >= 0.3 is 0 Å². The van der Waals surface area contributed by atoms with E-state index < -0.39 is 6.10 Å². The average Bonchev–Trinajstić information content (AvgIpc) is 2.41. The predicted octanol–water partition coefficient (Wildman–Crippen LogP) is 1.40. The van der Waals surface area contributed by atoms with Gasteiger partial charge in [-0.25, -0.2) is 0 Å². The monoisotopic (exact) mass is 267 g/mol. The lowest BCUT2D eigenvalue weighted by molar-refractivity contribution is 0.0991. The highest BCUT2D eigenvalue weighted by Crippen LogP contribution is 2.19. The standard InChI is InChI=1S/C15H25NO3/c1-4-13(9-17)16-8-14(18)10-19-15-7-11(2)5-6-12(15)3/h5-7,13-14,16-18H,4,8-10H2,1-3H3/t13-,14-/m1/s1. The Morgan fingerprint density at radius 1 is 1.32 bits per heavy atom. The van der Waals surface area contributed by atoms with Gasteiger partial charge in [0, 0.05) is 12.6 Å². The second-order valence-corrected chi connectivity index (χ2v) is 4.93. The zero-order valence-corrected chi connectivity index (χ0v) is 12.0. The quantitative estimate of drug-likeness (QED) is 0.666. The van der Waals surface area contributed by atoms with E-state index in [4.69, 9.17) is 9.84 Å². The van der Waals surface area contributed by atoms with Crippen molar-refractivity contribution in [1.82, 2.24) is 5.32 Å². The molecule has 0 spiro atoms. The highest BCUT2D eigenvalue weighted by molar-refractivity contribution is 5.35. The fourth-order valence-corrected chi connectivity index (χ4v) is 1.75. The lowest BCUT2D eigenvalue weighted by Gasteiger charge is -2.18. The smallest absolute Gasteiger partial charge is 0.122 e. The average molecular weight is 267 g/mol. The summed E-state index contributed by atoms with van der Waals surface area (Å²) in [5.41, 5.74) is 2.20. The third-order valence-corrected chi connectivity index (χ3v) is 3.13. The molecule has 0 aliphatic heterocycles. The number of hydrogen-bond acceptors (Lipinski definition) is 4. The zero-order valence-electron chi connectivity index (χ0n) is 12.0. The van der Waals surface area contributed by atoms with Crippen LogP contribution in [0.4, 0.5) is 0 Å². The highest BCUT2D eigenvalue weighted by atomic mass is 16.5. The maximum absolute atomic E-state index is 9.84. The molecule has 4 nitrogen and oxygen atoms in total. The van der Waals surface area contributed by atoms with Gasteiger partial charge in [-0.2, -0.15) is 0 Å². The summed E-state index contributed by atoms with van der Waals surface area (Å²) in [7, 11) is 0. The summed E-state index contributed by atoms with van der Waals surface area (Å²) in [5.74, 6) is 0.813. The predicted molar refractivity (Wildman–Crippen MR) is 76.6 cm³/mol. The van der Waals surface area contributed by atoms with Crippen molar-refractivity contribution in [2.45, 2.75) is 39.3 Å². The Balaban J connectivity index is 2.37. The van der Waals surface area contributed by atoms with Gasteiger partial charge in [-0.3, -0.25) is 0 Å². The van der Waals surface area contributed by atoms with Gasteiger partial charge in [0.15, 0.2) is 0 Å². The Morgan fingerprint density at radius 2 is 2.05 bits per heavy atom.